The molecule has 1 N–H and O–H groups in total. The maximum absolute atomic E-state index is 11.0. The second kappa shape index (κ2) is 5.15. The zero-order valence-electron chi connectivity index (χ0n) is 8.03. The van der Waals surface area contributed by atoms with Crippen molar-refractivity contribution < 1.29 is 9.90 Å². The van der Waals surface area contributed by atoms with E-state index in [0.717, 1.165) is 16.5 Å². The summed E-state index contributed by atoms with van der Waals surface area (Å²) < 4.78 is 0.974. The molecule has 0 saturated carbocycles. The lowest BCUT2D eigenvalue weighted by atomic mass is 9.95. The monoisotopic (exact) mass is 256 g/mol. The molecule has 0 saturated heterocycles. The normalized spacial score (nSPS) is 12.4. The van der Waals surface area contributed by atoms with Crippen molar-refractivity contribution in [1.82, 2.24) is 0 Å². The van der Waals surface area contributed by atoms with Crippen LogP contribution in [0.25, 0.3) is 0 Å². The van der Waals surface area contributed by atoms with E-state index in [1.807, 2.05) is 31.2 Å². The quantitative estimate of drug-likeness (QED) is 0.897. The lowest BCUT2D eigenvalue weighted by Crippen LogP contribution is -2.11. The van der Waals surface area contributed by atoms with Gasteiger partial charge < -0.3 is 5.11 Å². The van der Waals surface area contributed by atoms with Gasteiger partial charge in [-0.25, -0.2) is 0 Å². The fourth-order valence-corrected chi connectivity index (χ4v) is 1.68. The third kappa shape index (κ3) is 2.84. The summed E-state index contributed by atoms with van der Waals surface area (Å²) in [7, 11) is 0. The number of aliphatic carboxylic acids is 1. The lowest BCUT2D eigenvalue weighted by Gasteiger charge is -2.11. The Morgan fingerprint density at radius 1 is 1.43 bits per heavy atom. The number of hydrogen-bond acceptors (Lipinski definition) is 1. The predicted octanol–water partition coefficient (Wildman–Crippen LogP) is 3.42. The van der Waals surface area contributed by atoms with Gasteiger partial charge in [0.05, 0.1) is 5.92 Å². The summed E-state index contributed by atoms with van der Waals surface area (Å²) in [5.74, 6) is -1.11. The van der Waals surface area contributed by atoms with E-state index in [2.05, 4.69) is 15.9 Å². The SMILES string of the molecule is CCCC(C(=O)O)c1ccc(Br)cc1. The Bertz CT molecular complexity index is 306. The van der Waals surface area contributed by atoms with E-state index in [1.54, 1.807) is 0 Å². The molecule has 1 aromatic rings. The van der Waals surface area contributed by atoms with Crippen LogP contribution in [-0.4, -0.2) is 11.1 Å². The van der Waals surface area contributed by atoms with Crippen molar-refractivity contribution in [3.63, 3.8) is 0 Å². The second-order valence-corrected chi connectivity index (χ2v) is 4.15. The lowest BCUT2D eigenvalue weighted by molar-refractivity contribution is -0.139. The van der Waals surface area contributed by atoms with Gasteiger partial charge in [0.1, 0.15) is 0 Å². The van der Waals surface area contributed by atoms with Gasteiger partial charge in [0.2, 0.25) is 0 Å². The van der Waals surface area contributed by atoms with Crippen molar-refractivity contribution in [2.45, 2.75) is 25.7 Å². The van der Waals surface area contributed by atoms with Crippen LogP contribution in [0.3, 0.4) is 0 Å². The highest BCUT2D eigenvalue weighted by Crippen LogP contribution is 2.23. The summed E-state index contributed by atoms with van der Waals surface area (Å²) >= 11 is 3.32. The smallest absolute Gasteiger partial charge is 0.310 e. The van der Waals surface area contributed by atoms with Crippen LogP contribution in [0.4, 0.5) is 0 Å². The number of carbonyl (C=O) groups is 1. The maximum atomic E-state index is 11.0. The molecule has 1 aromatic carbocycles. The van der Waals surface area contributed by atoms with Crippen LogP contribution >= 0.6 is 15.9 Å². The van der Waals surface area contributed by atoms with Gasteiger partial charge in [-0.05, 0) is 24.1 Å². The zero-order chi connectivity index (χ0) is 10.6. The van der Waals surface area contributed by atoms with Gasteiger partial charge in [-0.2, -0.15) is 0 Å². The van der Waals surface area contributed by atoms with E-state index >= 15 is 0 Å². The molecule has 0 fully saturated rings. The highest BCUT2D eigenvalue weighted by Gasteiger charge is 2.17. The van der Waals surface area contributed by atoms with Crippen LogP contribution < -0.4 is 0 Å². The van der Waals surface area contributed by atoms with Crippen LogP contribution in [0.15, 0.2) is 28.7 Å². The van der Waals surface area contributed by atoms with Crippen LogP contribution in [0, 0.1) is 0 Å². The van der Waals surface area contributed by atoms with Gasteiger partial charge in [-0.1, -0.05) is 41.4 Å². The van der Waals surface area contributed by atoms with E-state index < -0.39 is 5.97 Å². The van der Waals surface area contributed by atoms with E-state index in [-0.39, 0.29) is 5.92 Å². The summed E-state index contributed by atoms with van der Waals surface area (Å²) in [6.45, 7) is 1.99. The molecule has 0 bridgehead atoms. The average molecular weight is 257 g/mol. The summed E-state index contributed by atoms with van der Waals surface area (Å²) in [6, 6.07) is 7.47. The Balaban J connectivity index is 2.87. The minimum atomic E-state index is -0.742. The Morgan fingerprint density at radius 2 is 2.00 bits per heavy atom. The minimum Gasteiger partial charge on any atom is -0.481 e. The molecule has 0 aliphatic heterocycles. The van der Waals surface area contributed by atoms with Crippen LogP contribution in [0.2, 0.25) is 0 Å². The minimum absolute atomic E-state index is 0.368. The highest BCUT2D eigenvalue weighted by atomic mass is 79.9. The predicted molar refractivity (Wildman–Crippen MR) is 59.4 cm³/mol. The second-order valence-electron chi connectivity index (χ2n) is 3.23. The van der Waals surface area contributed by atoms with Gasteiger partial charge in [-0.15, -0.1) is 0 Å². The number of halogens is 1. The Hall–Kier alpha value is -0.830. The molecule has 1 unspecified atom stereocenters. The molecule has 76 valence electrons. The van der Waals surface area contributed by atoms with Gasteiger partial charge in [-0.3, -0.25) is 4.79 Å². The molecule has 0 spiro atoms. The number of rotatable bonds is 4. The first kappa shape index (κ1) is 11.2. The summed E-state index contributed by atoms with van der Waals surface area (Å²) in [5, 5.41) is 9.02. The van der Waals surface area contributed by atoms with Crippen molar-refractivity contribution in [3.8, 4) is 0 Å². The first-order valence-corrected chi connectivity index (χ1v) is 5.42. The molecule has 0 radical (unpaired) electrons. The van der Waals surface area contributed by atoms with Gasteiger partial charge in [0.15, 0.2) is 0 Å². The van der Waals surface area contributed by atoms with Crippen molar-refractivity contribution >= 4 is 21.9 Å². The van der Waals surface area contributed by atoms with Crippen LogP contribution in [0.5, 0.6) is 0 Å². The Labute approximate surface area is 92.1 Å². The van der Waals surface area contributed by atoms with E-state index in [9.17, 15) is 4.79 Å². The largest absolute Gasteiger partial charge is 0.481 e. The molecule has 2 nitrogen and oxygen atoms in total. The summed E-state index contributed by atoms with van der Waals surface area (Å²) in [6.07, 6.45) is 1.57. The molecule has 0 aromatic heterocycles. The number of carboxylic acids is 1. The number of benzene rings is 1. The molecule has 1 rings (SSSR count). The Kier molecular flexibility index (Phi) is 4.14. The van der Waals surface area contributed by atoms with Crippen molar-refractivity contribution in [2.75, 3.05) is 0 Å². The third-order valence-electron chi connectivity index (χ3n) is 2.15. The maximum Gasteiger partial charge on any atom is 0.310 e. The standard InChI is InChI=1S/C11H13BrO2/c1-2-3-10(11(13)14)8-4-6-9(12)7-5-8/h4-7,10H,2-3H2,1H3,(H,13,14). The summed E-state index contributed by atoms with van der Waals surface area (Å²) in [4.78, 5) is 11.0. The molecule has 14 heavy (non-hydrogen) atoms. The number of carboxylic acid groups (broad SMARTS) is 1. The fraction of sp³-hybridized carbons (Fsp3) is 0.364. The van der Waals surface area contributed by atoms with Crippen molar-refractivity contribution in [2.24, 2.45) is 0 Å². The molecular formula is C11H13BrO2. The molecule has 0 aliphatic carbocycles. The highest BCUT2D eigenvalue weighted by molar-refractivity contribution is 9.10. The third-order valence-corrected chi connectivity index (χ3v) is 2.68. The Morgan fingerprint density at radius 3 is 2.43 bits per heavy atom. The van der Waals surface area contributed by atoms with Crippen LogP contribution in [-0.2, 0) is 4.79 Å². The van der Waals surface area contributed by atoms with Crippen molar-refractivity contribution in [3.05, 3.63) is 34.3 Å². The molecule has 0 heterocycles. The van der Waals surface area contributed by atoms with Gasteiger partial charge in [0.25, 0.3) is 0 Å². The first-order valence-electron chi connectivity index (χ1n) is 4.63. The fourth-order valence-electron chi connectivity index (χ4n) is 1.42. The number of hydrogen-bond donors (Lipinski definition) is 1. The van der Waals surface area contributed by atoms with E-state index in [0.29, 0.717) is 6.42 Å². The topological polar surface area (TPSA) is 37.3 Å². The first-order chi connectivity index (χ1) is 6.65. The van der Waals surface area contributed by atoms with Crippen molar-refractivity contribution in [1.29, 1.82) is 0 Å². The molecule has 1 atom stereocenters. The molecule has 3 heteroatoms. The molecular weight excluding hydrogens is 244 g/mol. The van der Waals surface area contributed by atoms with E-state index in [4.69, 9.17) is 5.11 Å². The zero-order valence-corrected chi connectivity index (χ0v) is 9.62. The van der Waals surface area contributed by atoms with Gasteiger partial charge in [0, 0.05) is 4.47 Å². The molecule has 0 aliphatic rings. The average Bonchev–Trinajstić information content (AvgIpc) is 2.15. The summed E-state index contributed by atoms with van der Waals surface area (Å²) in [5.41, 5.74) is 0.877. The van der Waals surface area contributed by atoms with Crippen LogP contribution in [0.1, 0.15) is 31.2 Å². The van der Waals surface area contributed by atoms with Gasteiger partial charge >= 0.3 is 5.97 Å². The molecule has 0 amide bonds. The van der Waals surface area contributed by atoms with E-state index in [1.165, 1.54) is 0 Å².